The Morgan fingerprint density at radius 2 is 2.00 bits per heavy atom. The van der Waals surface area contributed by atoms with Crippen LogP contribution < -0.4 is 0 Å². The zero-order valence-electron chi connectivity index (χ0n) is 9.14. The highest BCUT2D eigenvalue weighted by molar-refractivity contribution is 5.56. The number of nitrogens with zero attached hydrogens (tertiary/aromatic N) is 3. The minimum Gasteiger partial charge on any atom is -0.458 e. The van der Waals surface area contributed by atoms with E-state index in [4.69, 9.17) is 4.42 Å². The standard InChI is InChI=1S/C12H11N3O/c1-8-4-3-7-15-11(8)13-14-12(15)10-6-5-9(2)16-10/h3-7H,1-2H3. The van der Waals surface area contributed by atoms with Crippen LogP contribution in [0.4, 0.5) is 0 Å². The van der Waals surface area contributed by atoms with Crippen molar-refractivity contribution >= 4 is 5.65 Å². The molecule has 0 saturated heterocycles. The Labute approximate surface area is 92.5 Å². The van der Waals surface area contributed by atoms with Crippen LogP contribution in [0.2, 0.25) is 0 Å². The molecular weight excluding hydrogens is 202 g/mol. The molecule has 0 aliphatic rings. The van der Waals surface area contributed by atoms with Crippen molar-refractivity contribution in [3.05, 3.63) is 41.8 Å². The van der Waals surface area contributed by atoms with Crippen molar-refractivity contribution in [1.29, 1.82) is 0 Å². The molecule has 80 valence electrons. The highest BCUT2D eigenvalue weighted by atomic mass is 16.3. The third kappa shape index (κ3) is 1.23. The van der Waals surface area contributed by atoms with Gasteiger partial charge in [0.1, 0.15) is 5.76 Å². The lowest BCUT2D eigenvalue weighted by Crippen LogP contribution is -1.89. The Bertz CT molecular complexity index is 651. The number of aromatic nitrogens is 3. The van der Waals surface area contributed by atoms with E-state index in [2.05, 4.69) is 10.2 Å². The largest absolute Gasteiger partial charge is 0.458 e. The first-order valence-electron chi connectivity index (χ1n) is 5.13. The summed E-state index contributed by atoms with van der Waals surface area (Å²) < 4.78 is 7.49. The Balaban J connectivity index is 2.29. The van der Waals surface area contributed by atoms with Crippen LogP contribution in [0.15, 0.2) is 34.9 Å². The van der Waals surface area contributed by atoms with Crippen LogP contribution in [0.3, 0.4) is 0 Å². The predicted octanol–water partition coefficient (Wildman–Crippen LogP) is 2.61. The summed E-state index contributed by atoms with van der Waals surface area (Å²) in [6.45, 7) is 3.93. The molecule has 3 rings (SSSR count). The number of pyridine rings is 1. The molecule has 0 amide bonds. The smallest absolute Gasteiger partial charge is 0.204 e. The van der Waals surface area contributed by atoms with Crippen molar-refractivity contribution < 1.29 is 4.42 Å². The van der Waals surface area contributed by atoms with Gasteiger partial charge in [-0.1, -0.05) is 6.07 Å². The summed E-state index contributed by atoms with van der Waals surface area (Å²) in [5.41, 5.74) is 1.97. The lowest BCUT2D eigenvalue weighted by Gasteiger charge is -1.97. The van der Waals surface area contributed by atoms with Crippen molar-refractivity contribution in [1.82, 2.24) is 14.6 Å². The van der Waals surface area contributed by atoms with Crippen LogP contribution >= 0.6 is 0 Å². The summed E-state index contributed by atoms with van der Waals surface area (Å²) in [7, 11) is 0. The summed E-state index contributed by atoms with van der Waals surface area (Å²) in [5.74, 6) is 2.36. The molecular formula is C12H11N3O. The van der Waals surface area contributed by atoms with Crippen molar-refractivity contribution in [2.45, 2.75) is 13.8 Å². The van der Waals surface area contributed by atoms with E-state index >= 15 is 0 Å². The molecule has 16 heavy (non-hydrogen) atoms. The second-order valence-corrected chi connectivity index (χ2v) is 3.82. The summed E-state index contributed by atoms with van der Waals surface area (Å²) in [5, 5.41) is 8.32. The van der Waals surface area contributed by atoms with Crippen molar-refractivity contribution in [2.75, 3.05) is 0 Å². The zero-order chi connectivity index (χ0) is 11.1. The van der Waals surface area contributed by atoms with Crippen LogP contribution in [-0.4, -0.2) is 14.6 Å². The molecule has 3 aromatic rings. The number of hydrogen-bond donors (Lipinski definition) is 0. The Morgan fingerprint density at radius 3 is 2.75 bits per heavy atom. The van der Waals surface area contributed by atoms with E-state index in [1.807, 2.05) is 48.7 Å². The van der Waals surface area contributed by atoms with Crippen LogP contribution in [0, 0.1) is 13.8 Å². The number of fused-ring (bicyclic) bond motifs is 1. The highest BCUT2D eigenvalue weighted by Crippen LogP contribution is 2.21. The maximum absolute atomic E-state index is 5.55. The number of furan rings is 1. The molecule has 0 unspecified atom stereocenters. The first-order valence-corrected chi connectivity index (χ1v) is 5.13. The van der Waals surface area contributed by atoms with Gasteiger partial charge in [0.15, 0.2) is 11.4 Å². The lowest BCUT2D eigenvalue weighted by molar-refractivity contribution is 0.543. The van der Waals surface area contributed by atoms with Gasteiger partial charge in [-0.25, -0.2) is 0 Å². The van der Waals surface area contributed by atoms with E-state index in [0.29, 0.717) is 0 Å². The Kier molecular flexibility index (Phi) is 1.83. The maximum atomic E-state index is 5.55. The summed E-state index contributed by atoms with van der Waals surface area (Å²) >= 11 is 0. The van der Waals surface area contributed by atoms with E-state index in [0.717, 1.165) is 28.6 Å². The third-order valence-corrected chi connectivity index (χ3v) is 2.59. The molecule has 4 nitrogen and oxygen atoms in total. The van der Waals surface area contributed by atoms with E-state index in [1.165, 1.54) is 0 Å². The second-order valence-electron chi connectivity index (χ2n) is 3.82. The number of aryl methyl sites for hydroxylation is 2. The van der Waals surface area contributed by atoms with E-state index in [1.54, 1.807) is 0 Å². The summed E-state index contributed by atoms with van der Waals surface area (Å²) in [6.07, 6.45) is 1.94. The predicted molar refractivity (Wildman–Crippen MR) is 60.2 cm³/mol. The van der Waals surface area contributed by atoms with E-state index < -0.39 is 0 Å². The van der Waals surface area contributed by atoms with Gasteiger partial charge in [-0.15, -0.1) is 10.2 Å². The molecule has 0 bridgehead atoms. The molecule has 0 aromatic carbocycles. The molecule has 0 atom stereocenters. The minimum absolute atomic E-state index is 0.742. The lowest BCUT2D eigenvalue weighted by atomic mass is 10.3. The Morgan fingerprint density at radius 1 is 1.12 bits per heavy atom. The van der Waals surface area contributed by atoms with Gasteiger partial charge in [0.25, 0.3) is 0 Å². The van der Waals surface area contributed by atoms with Crippen LogP contribution in [0.5, 0.6) is 0 Å². The minimum atomic E-state index is 0.742. The molecule has 0 fully saturated rings. The van der Waals surface area contributed by atoms with Crippen LogP contribution in [0.25, 0.3) is 17.2 Å². The van der Waals surface area contributed by atoms with Gasteiger partial charge in [-0.3, -0.25) is 4.40 Å². The normalized spacial score (nSPS) is 11.1. The van der Waals surface area contributed by atoms with Gasteiger partial charge in [-0.2, -0.15) is 0 Å². The van der Waals surface area contributed by atoms with Crippen molar-refractivity contribution in [3.8, 4) is 11.6 Å². The van der Waals surface area contributed by atoms with Gasteiger partial charge in [-0.05, 0) is 37.6 Å². The average Bonchev–Trinajstić information content (AvgIpc) is 2.84. The quantitative estimate of drug-likeness (QED) is 0.624. The highest BCUT2D eigenvalue weighted by Gasteiger charge is 2.11. The summed E-state index contributed by atoms with van der Waals surface area (Å²) in [4.78, 5) is 0. The van der Waals surface area contributed by atoms with Crippen LogP contribution in [0.1, 0.15) is 11.3 Å². The monoisotopic (exact) mass is 213 g/mol. The van der Waals surface area contributed by atoms with E-state index in [-0.39, 0.29) is 0 Å². The molecule has 0 radical (unpaired) electrons. The fraction of sp³-hybridized carbons (Fsp3) is 0.167. The Hall–Kier alpha value is -2.10. The molecule has 3 aromatic heterocycles. The van der Waals surface area contributed by atoms with Crippen molar-refractivity contribution in [2.24, 2.45) is 0 Å². The fourth-order valence-corrected chi connectivity index (χ4v) is 1.77. The molecule has 0 N–H and O–H groups in total. The zero-order valence-corrected chi connectivity index (χ0v) is 9.14. The average molecular weight is 213 g/mol. The van der Waals surface area contributed by atoms with Gasteiger partial charge < -0.3 is 4.42 Å². The number of rotatable bonds is 1. The molecule has 0 spiro atoms. The molecule has 0 aliphatic carbocycles. The SMILES string of the molecule is Cc1ccc(-c2nnc3c(C)cccn23)o1. The van der Waals surface area contributed by atoms with Gasteiger partial charge in [0.2, 0.25) is 5.82 Å². The fourth-order valence-electron chi connectivity index (χ4n) is 1.77. The van der Waals surface area contributed by atoms with Gasteiger partial charge >= 0.3 is 0 Å². The molecule has 0 aliphatic heterocycles. The van der Waals surface area contributed by atoms with E-state index in [9.17, 15) is 0 Å². The van der Waals surface area contributed by atoms with Crippen LogP contribution in [-0.2, 0) is 0 Å². The number of hydrogen-bond acceptors (Lipinski definition) is 3. The third-order valence-electron chi connectivity index (χ3n) is 2.59. The van der Waals surface area contributed by atoms with Crippen molar-refractivity contribution in [3.63, 3.8) is 0 Å². The first kappa shape index (κ1) is 9.15. The van der Waals surface area contributed by atoms with Gasteiger partial charge in [0, 0.05) is 6.20 Å². The molecule has 0 saturated carbocycles. The molecule has 4 heteroatoms. The maximum Gasteiger partial charge on any atom is 0.204 e. The second kappa shape index (κ2) is 3.20. The topological polar surface area (TPSA) is 43.3 Å². The molecule has 3 heterocycles. The van der Waals surface area contributed by atoms with Gasteiger partial charge in [0.05, 0.1) is 0 Å². The first-order chi connectivity index (χ1) is 7.75. The summed E-state index contributed by atoms with van der Waals surface area (Å²) in [6, 6.07) is 7.83.